The normalized spacial score (nSPS) is 10.4. The van der Waals surface area contributed by atoms with E-state index in [9.17, 15) is 0 Å². The lowest BCUT2D eigenvalue weighted by Crippen LogP contribution is -2.05. The molecule has 3 nitrogen and oxygen atoms in total. The van der Waals surface area contributed by atoms with Gasteiger partial charge in [0.2, 0.25) is 5.95 Å². The minimum atomic E-state index is 0.689. The standard InChI is InChI=1S/C19H19N3/c1-3-7-16(8-4-1)11-12-18-13-14-20-19(22-18)21-15-17-9-5-2-6-10-17/h1-10,13-14H,11-12,15H2,(H,20,21,22). The Bertz CT molecular complexity index is 637. The summed E-state index contributed by atoms with van der Waals surface area (Å²) in [5, 5.41) is 3.28. The molecule has 0 spiro atoms. The lowest BCUT2D eigenvalue weighted by Gasteiger charge is -2.07. The van der Waals surface area contributed by atoms with Crippen molar-refractivity contribution >= 4 is 5.95 Å². The molecule has 3 aromatic rings. The molecule has 3 heteroatoms. The number of aryl methyl sites for hydroxylation is 2. The predicted octanol–water partition coefficient (Wildman–Crippen LogP) is 3.87. The predicted molar refractivity (Wildman–Crippen MR) is 89.7 cm³/mol. The number of aromatic nitrogens is 2. The Morgan fingerprint density at radius 2 is 1.41 bits per heavy atom. The van der Waals surface area contributed by atoms with Gasteiger partial charge in [0.15, 0.2) is 0 Å². The van der Waals surface area contributed by atoms with Crippen LogP contribution in [0.5, 0.6) is 0 Å². The van der Waals surface area contributed by atoms with E-state index in [1.165, 1.54) is 11.1 Å². The highest BCUT2D eigenvalue weighted by molar-refractivity contribution is 5.28. The number of nitrogens with zero attached hydrogens (tertiary/aromatic N) is 2. The van der Waals surface area contributed by atoms with Gasteiger partial charge < -0.3 is 5.32 Å². The SMILES string of the molecule is c1ccc(CCc2ccnc(NCc3ccccc3)n2)cc1. The Hall–Kier alpha value is -2.68. The molecule has 3 rings (SSSR count). The van der Waals surface area contributed by atoms with Crippen molar-refractivity contribution in [1.82, 2.24) is 9.97 Å². The van der Waals surface area contributed by atoms with Crippen molar-refractivity contribution < 1.29 is 0 Å². The van der Waals surface area contributed by atoms with Gasteiger partial charge in [0.25, 0.3) is 0 Å². The molecule has 0 fully saturated rings. The van der Waals surface area contributed by atoms with E-state index in [0.717, 1.165) is 25.1 Å². The highest BCUT2D eigenvalue weighted by atomic mass is 15.1. The van der Waals surface area contributed by atoms with Crippen LogP contribution in [0.3, 0.4) is 0 Å². The number of nitrogens with one attached hydrogen (secondary N) is 1. The molecule has 0 radical (unpaired) electrons. The van der Waals surface area contributed by atoms with Gasteiger partial charge in [-0.1, -0.05) is 60.7 Å². The summed E-state index contributed by atoms with van der Waals surface area (Å²) in [6.07, 6.45) is 3.74. The fourth-order valence-electron chi connectivity index (χ4n) is 2.31. The van der Waals surface area contributed by atoms with Crippen molar-refractivity contribution in [2.24, 2.45) is 0 Å². The molecular weight excluding hydrogens is 270 g/mol. The molecule has 1 heterocycles. The van der Waals surface area contributed by atoms with E-state index < -0.39 is 0 Å². The zero-order chi connectivity index (χ0) is 15.0. The highest BCUT2D eigenvalue weighted by Crippen LogP contribution is 2.08. The zero-order valence-corrected chi connectivity index (χ0v) is 12.4. The molecule has 1 aromatic heterocycles. The van der Waals surface area contributed by atoms with Gasteiger partial charge in [-0.05, 0) is 30.0 Å². The Morgan fingerprint density at radius 3 is 2.14 bits per heavy atom. The fraction of sp³-hybridized carbons (Fsp3) is 0.158. The van der Waals surface area contributed by atoms with Gasteiger partial charge in [-0.3, -0.25) is 0 Å². The van der Waals surface area contributed by atoms with Crippen molar-refractivity contribution in [3.63, 3.8) is 0 Å². The third-order valence-corrected chi connectivity index (χ3v) is 3.52. The van der Waals surface area contributed by atoms with Gasteiger partial charge in [0.1, 0.15) is 0 Å². The first-order chi connectivity index (χ1) is 10.9. The number of benzene rings is 2. The summed E-state index contributed by atoms with van der Waals surface area (Å²) >= 11 is 0. The monoisotopic (exact) mass is 289 g/mol. The summed E-state index contributed by atoms with van der Waals surface area (Å²) in [6, 6.07) is 22.7. The van der Waals surface area contributed by atoms with Gasteiger partial charge >= 0.3 is 0 Å². The molecule has 22 heavy (non-hydrogen) atoms. The van der Waals surface area contributed by atoms with Crippen LogP contribution < -0.4 is 5.32 Å². The van der Waals surface area contributed by atoms with E-state index in [4.69, 9.17) is 0 Å². The van der Waals surface area contributed by atoms with E-state index in [1.54, 1.807) is 0 Å². The largest absolute Gasteiger partial charge is 0.350 e. The minimum absolute atomic E-state index is 0.689. The molecule has 0 atom stereocenters. The lowest BCUT2D eigenvalue weighted by molar-refractivity contribution is 0.896. The highest BCUT2D eigenvalue weighted by Gasteiger charge is 2.00. The van der Waals surface area contributed by atoms with Crippen LogP contribution in [0.4, 0.5) is 5.95 Å². The Balaban J connectivity index is 1.58. The summed E-state index contributed by atoms with van der Waals surface area (Å²) < 4.78 is 0. The summed E-state index contributed by atoms with van der Waals surface area (Å²) in [4.78, 5) is 8.87. The van der Waals surface area contributed by atoms with Gasteiger partial charge in [0, 0.05) is 18.4 Å². The first-order valence-electron chi connectivity index (χ1n) is 7.54. The van der Waals surface area contributed by atoms with Crippen molar-refractivity contribution in [3.8, 4) is 0 Å². The smallest absolute Gasteiger partial charge is 0.223 e. The van der Waals surface area contributed by atoms with Gasteiger partial charge in [-0.25, -0.2) is 9.97 Å². The number of rotatable bonds is 6. The molecule has 0 bridgehead atoms. The second kappa shape index (κ2) is 7.36. The fourth-order valence-corrected chi connectivity index (χ4v) is 2.31. The van der Waals surface area contributed by atoms with Crippen LogP contribution in [0, 0.1) is 0 Å². The van der Waals surface area contributed by atoms with Crippen LogP contribution in [0.1, 0.15) is 16.8 Å². The summed E-state index contributed by atoms with van der Waals surface area (Å²) in [7, 11) is 0. The summed E-state index contributed by atoms with van der Waals surface area (Å²) in [6.45, 7) is 0.739. The molecule has 0 unspecified atom stereocenters. The second-order valence-corrected chi connectivity index (χ2v) is 5.20. The first kappa shape index (κ1) is 14.3. The Kier molecular flexibility index (Phi) is 4.77. The zero-order valence-electron chi connectivity index (χ0n) is 12.4. The lowest BCUT2D eigenvalue weighted by atomic mass is 10.1. The Morgan fingerprint density at radius 1 is 0.727 bits per heavy atom. The Labute approximate surface area is 131 Å². The average molecular weight is 289 g/mol. The van der Waals surface area contributed by atoms with Crippen LogP contribution in [0.15, 0.2) is 72.9 Å². The van der Waals surface area contributed by atoms with E-state index in [1.807, 2.05) is 36.5 Å². The van der Waals surface area contributed by atoms with Gasteiger partial charge in [-0.15, -0.1) is 0 Å². The molecule has 110 valence electrons. The van der Waals surface area contributed by atoms with Crippen LogP contribution in [0.25, 0.3) is 0 Å². The topological polar surface area (TPSA) is 37.8 Å². The van der Waals surface area contributed by atoms with Crippen molar-refractivity contribution in [2.45, 2.75) is 19.4 Å². The maximum atomic E-state index is 4.58. The quantitative estimate of drug-likeness (QED) is 0.748. The molecule has 0 saturated heterocycles. The second-order valence-electron chi connectivity index (χ2n) is 5.20. The number of hydrogen-bond acceptors (Lipinski definition) is 3. The molecule has 0 saturated carbocycles. The summed E-state index contributed by atoms with van der Waals surface area (Å²) in [5.41, 5.74) is 3.62. The molecule has 1 N–H and O–H groups in total. The molecule has 0 aliphatic rings. The van der Waals surface area contributed by atoms with Crippen LogP contribution in [-0.2, 0) is 19.4 Å². The van der Waals surface area contributed by atoms with E-state index in [-0.39, 0.29) is 0 Å². The van der Waals surface area contributed by atoms with E-state index in [2.05, 4.69) is 51.7 Å². The maximum absolute atomic E-state index is 4.58. The third-order valence-electron chi connectivity index (χ3n) is 3.52. The minimum Gasteiger partial charge on any atom is -0.350 e. The van der Waals surface area contributed by atoms with Crippen LogP contribution in [0.2, 0.25) is 0 Å². The maximum Gasteiger partial charge on any atom is 0.223 e. The van der Waals surface area contributed by atoms with Crippen molar-refractivity contribution in [1.29, 1.82) is 0 Å². The molecular formula is C19H19N3. The van der Waals surface area contributed by atoms with Crippen LogP contribution in [-0.4, -0.2) is 9.97 Å². The van der Waals surface area contributed by atoms with Crippen molar-refractivity contribution in [3.05, 3.63) is 89.7 Å². The third kappa shape index (κ3) is 4.16. The average Bonchev–Trinajstić information content (AvgIpc) is 2.60. The first-order valence-corrected chi connectivity index (χ1v) is 7.54. The summed E-state index contributed by atoms with van der Waals surface area (Å²) in [5.74, 6) is 0.689. The number of hydrogen-bond donors (Lipinski definition) is 1. The van der Waals surface area contributed by atoms with Gasteiger partial charge in [0.05, 0.1) is 0 Å². The van der Waals surface area contributed by atoms with Gasteiger partial charge in [-0.2, -0.15) is 0 Å². The van der Waals surface area contributed by atoms with E-state index >= 15 is 0 Å². The van der Waals surface area contributed by atoms with Crippen molar-refractivity contribution in [2.75, 3.05) is 5.32 Å². The molecule has 0 aliphatic heterocycles. The molecule has 0 amide bonds. The molecule has 0 aliphatic carbocycles. The molecule has 2 aromatic carbocycles. The van der Waals surface area contributed by atoms with Crippen LogP contribution >= 0.6 is 0 Å². The number of anilines is 1. The van der Waals surface area contributed by atoms with E-state index in [0.29, 0.717) is 5.95 Å².